The molecule has 0 aliphatic rings. The Morgan fingerprint density at radius 3 is 2.53 bits per heavy atom. The monoisotopic (exact) mass is 440 g/mol. The summed E-state index contributed by atoms with van der Waals surface area (Å²) >= 11 is 0. The van der Waals surface area contributed by atoms with E-state index in [0.29, 0.717) is 49.0 Å². The van der Waals surface area contributed by atoms with Crippen LogP contribution in [0.3, 0.4) is 0 Å². The van der Waals surface area contributed by atoms with Gasteiger partial charge in [0.25, 0.3) is 0 Å². The fraction of sp³-hybridized carbons (Fsp3) is 0.375. The van der Waals surface area contributed by atoms with Gasteiger partial charge in [-0.2, -0.15) is 4.98 Å². The molecule has 1 N–H and O–H groups in total. The highest BCUT2D eigenvalue weighted by Gasteiger charge is 2.17. The normalized spacial score (nSPS) is 11.4. The van der Waals surface area contributed by atoms with E-state index in [1.807, 2.05) is 39.8 Å². The van der Waals surface area contributed by atoms with Crippen molar-refractivity contribution >= 4 is 11.6 Å². The van der Waals surface area contributed by atoms with Gasteiger partial charge in [0.2, 0.25) is 5.91 Å². The van der Waals surface area contributed by atoms with Crippen LogP contribution in [0, 0.1) is 11.2 Å². The van der Waals surface area contributed by atoms with Crippen LogP contribution in [0.4, 0.5) is 10.1 Å². The first-order chi connectivity index (χ1) is 15.2. The molecule has 7 nitrogen and oxygen atoms in total. The van der Waals surface area contributed by atoms with Gasteiger partial charge in [0, 0.05) is 24.3 Å². The second kappa shape index (κ2) is 10.4. The molecule has 0 aliphatic heterocycles. The molecule has 3 aromatic rings. The van der Waals surface area contributed by atoms with Gasteiger partial charge in [-0.1, -0.05) is 32.9 Å². The molecule has 0 unspecified atom stereocenters. The van der Waals surface area contributed by atoms with Gasteiger partial charge in [-0.05, 0) is 48.7 Å². The average Bonchev–Trinajstić information content (AvgIpc) is 3.15. The van der Waals surface area contributed by atoms with E-state index in [2.05, 4.69) is 15.4 Å². The lowest BCUT2D eigenvalue weighted by Crippen LogP contribution is -2.19. The van der Waals surface area contributed by atoms with Crippen LogP contribution in [0.25, 0.3) is 17.1 Å². The van der Waals surface area contributed by atoms with Crippen molar-refractivity contribution in [2.75, 3.05) is 25.1 Å². The number of benzene rings is 2. The van der Waals surface area contributed by atoms with E-state index in [-0.39, 0.29) is 23.1 Å². The summed E-state index contributed by atoms with van der Waals surface area (Å²) in [4.78, 5) is 16.6. The van der Waals surface area contributed by atoms with Gasteiger partial charge >= 0.3 is 6.01 Å². The van der Waals surface area contributed by atoms with Crippen LogP contribution in [0.15, 0.2) is 48.5 Å². The molecule has 32 heavy (non-hydrogen) atoms. The topological polar surface area (TPSA) is 78.3 Å². The molecule has 0 aliphatic carbocycles. The fourth-order valence-corrected chi connectivity index (χ4v) is 3.06. The number of hydrogen-bond donors (Lipinski definition) is 1. The van der Waals surface area contributed by atoms with Crippen molar-refractivity contribution in [2.45, 2.75) is 34.1 Å². The molecule has 0 saturated heterocycles. The van der Waals surface area contributed by atoms with Crippen molar-refractivity contribution in [2.24, 2.45) is 5.41 Å². The van der Waals surface area contributed by atoms with Gasteiger partial charge in [-0.25, -0.2) is 9.07 Å². The number of carbonyl (C=O) groups is 1. The number of hydrogen-bond acceptors (Lipinski definition) is 5. The van der Waals surface area contributed by atoms with E-state index in [4.69, 9.17) is 9.47 Å². The van der Waals surface area contributed by atoms with Crippen LogP contribution in [0.2, 0.25) is 0 Å². The van der Waals surface area contributed by atoms with Gasteiger partial charge in [0.1, 0.15) is 12.4 Å². The van der Waals surface area contributed by atoms with Crippen LogP contribution in [-0.4, -0.2) is 40.5 Å². The number of aromatic nitrogens is 3. The Kier molecular flexibility index (Phi) is 7.58. The fourth-order valence-electron chi connectivity index (χ4n) is 3.06. The summed E-state index contributed by atoms with van der Waals surface area (Å²) in [5.74, 6) is 0.0321. The summed E-state index contributed by atoms with van der Waals surface area (Å²) < 4.78 is 26.3. The lowest BCUT2D eigenvalue weighted by molar-refractivity contribution is -0.117. The summed E-state index contributed by atoms with van der Waals surface area (Å²) in [5.41, 5.74) is 1.86. The maximum absolute atomic E-state index is 13.8. The highest BCUT2D eigenvalue weighted by atomic mass is 19.1. The van der Waals surface area contributed by atoms with Crippen molar-refractivity contribution in [3.05, 3.63) is 54.3 Å². The Bertz CT molecular complexity index is 1040. The molecule has 0 atom stereocenters. The number of amides is 1. The van der Waals surface area contributed by atoms with Crippen LogP contribution in [0.1, 0.15) is 34.1 Å². The minimum Gasteiger partial charge on any atom is -0.460 e. The molecule has 8 heteroatoms. The molecule has 0 bridgehead atoms. The van der Waals surface area contributed by atoms with Crippen molar-refractivity contribution < 1.29 is 18.7 Å². The van der Waals surface area contributed by atoms with Crippen LogP contribution >= 0.6 is 0 Å². The summed E-state index contributed by atoms with van der Waals surface area (Å²) in [6.07, 6.45) is 0.421. The van der Waals surface area contributed by atoms with Gasteiger partial charge in [0.15, 0.2) is 5.82 Å². The minimum atomic E-state index is -0.368. The van der Waals surface area contributed by atoms with Crippen molar-refractivity contribution in [1.82, 2.24) is 14.8 Å². The number of anilines is 1. The summed E-state index contributed by atoms with van der Waals surface area (Å²) in [5, 5.41) is 7.34. The molecular weight excluding hydrogens is 411 g/mol. The smallest absolute Gasteiger partial charge is 0.336 e. The maximum Gasteiger partial charge on any atom is 0.336 e. The third kappa shape index (κ3) is 6.62. The highest BCUT2D eigenvalue weighted by molar-refractivity contribution is 5.91. The quantitative estimate of drug-likeness (QED) is 0.481. The van der Waals surface area contributed by atoms with Crippen LogP contribution in [-0.2, 0) is 9.53 Å². The summed E-state index contributed by atoms with van der Waals surface area (Å²) in [6, 6.07) is 13.5. The zero-order valence-corrected chi connectivity index (χ0v) is 18.9. The van der Waals surface area contributed by atoms with E-state index < -0.39 is 0 Å². The third-order valence-electron chi connectivity index (χ3n) is 4.42. The molecule has 2 aromatic carbocycles. The average molecular weight is 441 g/mol. The highest BCUT2D eigenvalue weighted by Crippen LogP contribution is 2.25. The molecule has 170 valence electrons. The predicted molar refractivity (Wildman–Crippen MR) is 121 cm³/mol. The van der Waals surface area contributed by atoms with Gasteiger partial charge in [0.05, 0.1) is 12.3 Å². The molecule has 0 radical (unpaired) electrons. The maximum atomic E-state index is 13.8. The third-order valence-corrected chi connectivity index (χ3v) is 4.42. The summed E-state index contributed by atoms with van der Waals surface area (Å²) in [7, 11) is 0. The van der Waals surface area contributed by atoms with E-state index in [1.54, 1.807) is 28.9 Å². The molecule has 0 fully saturated rings. The number of rotatable bonds is 9. The van der Waals surface area contributed by atoms with E-state index in [1.165, 1.54) is 12.1 Å². The van der Waals surface area contributed by atoms with E-state index >= 15 is 0 Å². The predicted octanol–water partition coefficient (Wildman–Crippen LogP) is 4.86. The molecule has 0 spiro atoms. The van der Waals surface area contributed by atoms with Crippen molar-refractivity contribution in [3.8, 4) is 23.1 Å². The van der Waals surface area contributed by atoms with Gasteiger partial charge in [-0.3, -0.25) is 4.79 Å². The Morgan fingerprint density at radius 2 is 1.88 bits per heavy atom. The van der Waals surface area contributed by atoms with Crippen LogP contribution in [0.5, 0.6) is 6.01 Å². The van der Waals surface area contributed by atoms with Gasteiger partial charge < -0.3 is 14.8 Å². The zero-order chi connectivity index (χ0) is 23.1. The number of carbonyl (C=O) groups excluding carboxylic acids is 1. The largest absolute Gasteiger partial charge is 0.460 e. The lowest BCUT2D eigenvalue weighted by Gasteiger charge is -2.17. The number of ether oxygens (including phenoxy) is 2. The van der Waals surface area contributed by atoms with Crippen LogP contribution < -0.4 is 10.1 Å². The second-order valence-corrected chi connectivity index (χ2v) is 8.52. The molecule has 0 saturated carbocycles. The van der Waals surface area contributed by atoms with Gasteiger partial charge in [-0.15, -0.1) is 5.10 Å². The summed E-state index contributed by atoms with van der Waals surface area (Å²) in [6.45, 7) is 9.28. The lowest BCUT2D eigenvalue weighted by atomic mass is 9.92. The molecular formula is C24H29FN4O3. The first kappa shape index (κ1) is 23.4. The molecule has 1 heterocycles. The van der Waals surface area contributed by atoms with E-state index in [0.717, 1.165) is 0 Å². The first-order valence-corrected chi connectivity index (χ1v) is 10.6. The Labute approximate surface area is 187 Å². The zero-order valence-electron chi connectivity index (χ0n) is 18.9. The number of nitrogens with one attached hydrogen (secondary N) is 1. The van der Waals surface area contributed by atoms with Crippen molar-refractivity contribution in [1.29, 1.82) is 0 Å². The standard InChI is InChI=1S/C24H29FN4O3/c1-5-31-13-14-32-23-27-22(17-7-6-8-18(25)15-17)29(28-23)20-11-9-19(10-12-20)26-21(30)16-24(2,3)4/h6-12,15H,5,13-14,16H2,1-4H3,(H,26,30). The Balaban J connectivity index is 1.84. The second-order valence-electron chi connectivity index (χ2n) is 8.52. The minimum absolute atomic E-state index is 0.0450. The van der Waals surface area contributed by atoms with E-state index in [9.17, 15) is 9.18 Å². The SMILES string of the molecule is CCOCCOc1nc(-c2cccc(F)c2)n(-c2ccc(NC(=O)CC(C)(C)C)cc2)n1. The molecule has 1 aromatic heterocycles. The Hall–Kier alpha value is -3.26. The number of nitrogens with zero attached hydrogens (tertiary/aromatic N) is 3. The first-order valence-electron chi connectivity index (χ1n) is 10.6. The number of halogens is 1. The molecule has 1 amide bonds. The molecule has 3 rings (SSSR count). The van der Waals surface area contributed by atoms with Crippen molar-refractivity contribution in [3.63, 3.8) is 0 Å². The Morgan fingerprint density at radius 1 is 1.12 bits per heavy atom.